The molecule has 1 saturated heterocycles. The number of carbonyl (C=O) groups is 1. The normalized spacial score (nSPS) is 21.3. The average Bonchev–Trinajstić information content (AvgIpc) is 2.36. The molecule has 104 valence electrons. The van der Waals surface area contributed by atoms with E-state index in [1.165, 1.54) is 12.1 Å². The van der Waals surface area contributed by atoms with E-state index in [0.717, 1.165) is 24.8 Å². The second kappa shape index (κ2) is 5.70. The van der Waals surface area contributed by atoms with Gasteiger partial charge in [0, 0.05) is 24.2 Å². The fourth-order valence-electron chi connectivity index (χ4n) is 2.78. The van der Waals surface area contributed by atoms with Crippen LogP contribution in [-0.4, -0.2) is 29.4 Å². The van der Waals surface area contributed by atoms with Crippen LogP contribution in [0.1, 0.15) is 42.1 Å². The number of halogens is 1. The number of carbonyl (C=O) groups excluding carboxylic acids is 1. The first-order chi connectivity index (χ1) is 8.99. The molecule has 4 heteroatoms. The highest BCUT2D eigenvalue weighted by Crippen LogP contribution is 2.22. The van der Waals surface area contributed by atoms with Crippen LogP contribution in [0.25, 0.3) is 0 Å². The number of rotatable bonds is 2. The number of nitrogens with zero attached hydrogens (tertiary/aromatic N) is 1. The molecule has 0 saturated carbocycles. The van der Waals surface area contributed by atoms with Crippen molar-refractivity contribution < 1.29 is 9.18 Å². The van der Waals surface area contributed by atoms with Gasteiger partial charge in [-0.2, -0.15) is 0 Å². The molecule has 1 aromatic carbocycles. The Kier molecular flexibility index (Phi) is 4.20. The van der Waals surface area contributed by atoms with Gasteiger partial charge in [-0.15, -0.1) is 0 Å². The number of hydrogen-bond acceptors (Lipinski definition) is 2. The van der Waals surface area contributed by atoms with Crippen LogP contribution in [0.15, 0.2) is 18.2 Å². The minimum absolute atomic E-state index is 0.0566. The van der Waals surface area contributed by atoms with Gasteiger partial charge in [0.25, 0.3) is 5.91 Å². The minimum atomic E-state index is -0.363. The van der Waals surface area contributed by atoms with E-state index in [9.17, 15) is 9.18 Å². The van der Waals surface area contributed by atoms with E-state index in [0.29, 0.717) is 12.1 Å². The summed E-state index contributed by atoms with van der Waals surface area (Å²) in [6.45, 7) is 4.42. The van der Waals surface area contributed by atoms with Crippen LogP contribution in [0.2, 0.25) is 0 Å². The van der Waals surface area contributed by atoms with Gasteiger partial charge in [-0.25, -0.2) is 4.39 Å². The minimum Gasteiger partial charge on any atom is -0.334 e. The molecule has 19 heavy (non-hydrogen) atoms. The molecule has 1 fully saturated rings. The monoisotopic (exact) mass is 264 g/mol. The third-order valence-corrected chi connectivity index (χ3v) is 3.71. The quantitative estimate of drug-likeness (QED) is 0.892. The van der Waals surface area contributed by atoms with Crippen molar-refractivity contribution in [3.05, 3.63) is 35.1 Å². The fraction of sp³-hybridized carbons (Fsp3) is 0.533. The van der Waals surface area contributed by atoms with E-state index in [2.05, 4.69) is 0 Å². The summed E-state index contributed by atoms with van der Waals surface area (Å²) in [6, 6.07) is 4.47. The number of piperidine rings is 1. The van der Waals surface area contributed by atoms with Crippen molar-refractivity contribution >= 4 is 5.91 Å². The van der Waals surface area contributed by atoms with E-state index in [1.807, 2.05) is 11.8 Å². The summed E-state index contributed by atoms with van der Waals surface area (Å²) < 4.78 is 13.4. The zero-order valence-electron chi connectivity index (χ0n) is 11.5. The summed E-state index contributed by atoms with van der Waals surface area (Å²) in [5.74, 6) is -0.470. The Morgan fingerprint density at radius 2 is 2.16 bits per heavy atom. The molecule has 0 bridgehead atoms. The first-order valence-corrected chi connectivity index (χ1v) is 6.83. The van der Waals surface area contributed by atoms with Crippen molar-refractivity contribution in [2.45, 2.75) is 45.2 Å². The number of nitrogens with two attached hydrogens (primary N) is 1. The second-order valence-electron chi connectivity index (χ2n) is 5.44. The number of hydrogen-bond donors (Lipinski definition) is 1. The maximum atomic E-state index is 13.4. The molecule has 2 N–H and O–H groups in total. The van der Waals surface area contributed by atoms with Crippen LogP contribution in [-0.2, 0) is 0 Å². The fourth-order valence-corrected chi connectivity index (χ4v) is 2.78. The maximum Gasteiger partial charge on any atom is 0.254 e. The Labute approximate surface area is 113 Å². The summed E-state index contributed by atoms with van der Waals surface area (Å²) in [4.78, 5) is 14.3. The average molecular weight is 264 g/mol. The number of amides is 1. The summed E-state index contributed by atoms with van der Waals surface area (Å²) >= 11 is 0. The molecule has 0 aliphatic carbocycles. The Balaban J connectivity index is 2.26. The molecule has 1 amide bonds. The molecule has 3 nitrogen and oxygen atoms in total. The maximum absolute atomic E-state index is 13.4. The lowest BCUT2D eigenvalue weighted by Gasteiger charge is -2.38. The number of benzene rings is 1. The smallest absolute Gasteiger partial charge is 0.254 e. The van der Waals surface area contributed by atoms with E-state index in [4.69, 9.17) is 5.73 Å². The standard InChI is InChI=1S/C15H21FN2O/c1-10-7-12(9-13(16)8-10)15(19)18-6-4-3-5-14(18)11(2)17/h7-9,11,14H,3-6,17H2,1-2H3/t11-,14+/m1/s1. The molecular weight excluding hydrogens is 243 g/mol. The summed E-state index contributed by atoms with van der Waals surface area (Å²) in [5, 5.41) is 0. The molecule has 0 radical (unpaired) electrons. The zero-order valence-corrected chi connectivity index (χ0v) is 11.5. The Hall–Kier alpha value is -1.42. The molecule has 1 aliphatic heterocycles. The van der Waals surface area contributed by atoms with Crippen LogP contribution in [0.5, 0.6) is 0 Å². The SMILES string of the molecule is Cc1cc(F)cc(C(=O)N2CCCC[C@H]2[C@@H](C)N)c1. The topological polar surface area (TPSA) is 46.3 Å². The van der Waals surface area contributed by atoms with Gasteiger partial charge in [-0.05, 0) is 56.9 Å². The van der Waals surface area contributed by atoms with Crippen molar-refractivity contribution in [3.63, 3.8) is 0 Å². The highest BCUT2D eigenvalue weighted by molar-refractivity contribution is 5.94. The number of likely N-dealkylation sites (tertiary alicyclic amines) is 1. The highest BCUT2D eigenvalue weighted by Gasteiger charge is 2.29. The molecule has 1 aromatic rings. The third kappa shape index (κ3) is 3.13. The van der Waals surface area contributed by atoms with Gasteiger partial charge in [-0.1, -0.05) is 0 Å². The van der Waals surface area contributed by atoms with Gasteiger partial charge in [0.15, 0.2) is 0 Å². The molecular formula is C15H21FN2O. The first kappa shape index (κ1) is 14.0. The molecule has 0 aromatic heterocycles. The van der Waals surface area contributed by atoms with E-state index >= 15 is 0 Å². The lowest BCUT2D eigenvalue weighted by molar-refractivity contribution is 0.0583. The lowest BCUT2D eigenvalue weighted by Crippen LogP contribution is -2.51. The van der Waals surface area contributed by atoms with Crippen molar-refractivity contribution in [2.75, 3.05) is 6.54 Å². The van der Waals surface area contributed by atoms with Crippen LogP contribution in [0.4, 0.5) is 4.39 Å². The molecule has 1 heterocycles. The summed E-state index contributed by atoms with van der Waals surface area (Å²) in [6.07, 6.45) is 3.01. The van der Waals surface area contributed by atoms with Crippen molar-refractivity contribution in [2.24, 2.45) is 5.73 Å². The predicted molar refractivity (Wildman–Crippen MR) is 73.5 cm³/mol. The molecule has 2 atom stereocenters. The molecule has 0 unspecified atom stereocenters. The van der Waals surface area contributed by atoms with Crippen LogP contribution >= 0.6 is 0 Å². The van der Waals surface area contributed by atoms with Gasteiger partial charge in [0.1, 0.15) is 5.82 Å². The molecule has 0 spiro atoms. The zero-order chi connectivity index (χ0) is 14.0. The Bertz CT molecular complexity index is 453. The Morgan fingerprint density at radius 3 is 2.79 bits per heavy atom. The summed E-state index contributed by atoms with van der Waals surface area (Å²) in [7, 11) is 0. The molecule has 1 aliphatic rings. The lowest BCUT2D eigenvalue weighted by atomic mass is 9.96. The van der Waals surface area contributed by atoms with Crippen LogP contribution in [0, 0.1) is 12.7 Å². The first-order valence-electron chi connectivity index (χ1n) is 6.83. The van der Waals surface area contributed by atoms with Crippen LogP contribution in [0.3, 0.4) is 0 Å². The van der Waals surface area contributed by atoms with E-state index in [-0.39, 0.29) is 23.8 Å². The van der Waals surface area contributed by atoms with Crippen molar-refractivity contribution in [1.82, 2.24) is 4.90 Å². The van der Waals surface area contributed by atoms with Gasteiger partial charge in [0.05, 0.1) is 0 Å². The van der Waals surface area contributed by atoms with Gasteiger partial charge in [0.2, 0.25) is 0 Å². The van der Waals surface area contributed by atoms with Gasteiger partial charge >= 0.3 is 0 Å². The molecule has 2 rings (SSSR count). The summed E-state index contributed by atoms with van der Waals surface area (Å²) in [5.41, 5.74) is 7.15. The van der Waals surface area contributed by atoms with Crippen molar-refractivity contribution in [3.8, 4) is 0 Å². The van der Waals surface area contributed by atoms with E-state index < -0.39 is 0 Å². The largest absolute Gasteiger partial charge is 0.334 e. The second-order valence-corrected chi connectivity index (χ2v) is 5.44. The van der Waals surface area contributed by atoms with Gasteiger partial charge in [-0.3, -0.25) is 4.79 Å². The predicted octanol–water partition coefficient (Wildman–Crippen LogP) is 2.48. The van der Waals surface area contributed by atoms with Crippen LogP contribution < -0.4 is 5.73 Å². The highest BCUT2D eigenvalue weighted by atomic mass is 19.1. The number of aryl methyl sites for hydroxylation is 1. The Morgan fingerprint density at radius 1 is 1.42 bits per heavy atom. The van der Waals surface area contributed by atoms with Gasteiger partial charge < -0.3 is 10.6 Å². The van der Waals surface area contributed by atoms with E-state index in [1.54, 1.807) is 13.0 Å². The van der Waals surface area contributed by atoms with Crippen molar-refractivity contribution in [1.29, 1.82) is 0 Å². The third-order valence-electron chi connectivity index (χ3n) is 3.71.